The van der Waals surface area contributed by atoms with Gasteiger partial charge in [-0.2, -0.15) is 0 Å². The first-order valence-corrected chi connectivity index (χ1v) is 10.00. The standard InChI is InChI=1S/C18H15FN2O3S2/c19-16-5-2-1-4-14(16)12-20-18(22)13-7-9-15(10-8-13)21-26(23,24)17-6-3-11-25-17/h1-11,21H,12H2,(H,20,22). The summed E-state index contributed by atoms with van der Waals surface area (Å²) in [4.78, 5) is 12.1. The second-order valence-corrected chi connectivity index (χ2v) is 8.25. The van der Waals surface area contributed by atoms with Crippen LogP contribution in [0.4, 0.5) is 10.1 Å². The van der Waals surface area contributed by atoms with Gasteiger partial charge in [0.1, 0.15) is 10.0 Å². The van der Waals surface area contributed by atoms with Gasteiger partial charge in [-0.15, -0.1) is 11.3 Å². The van der Waals surface area contributed by atoms with Crippen LogP contribution in [0.15, 0.2) is 70.3 Å². The van der Waals surface area contributed by atoms with Gasteiger partial charge >= 0.3 is 0 Å². The van der Waals surface area contributed by atoms with Crippen molar-refractivity contribution in [2.75, 3.05) is 4.72 Å². The third-order valence-corrected chi connectivity index (χ3v) is 6.34. The highest BCUT2D eigenvalue weighted by atomic mass is 32.2. The summed E-state index contributed by atoms with van der Waals surface area (Å²) in [6.45, 7) is 0.0677. The summed E-state index contributed by atoms with van der Waals surface area (Å²) in [5, 5.41) is 4.31. The highest BCUT2D eigenvalue weighted by Gasteiger charge is 2.15. The number of carbonyl (C=O) groups excluding carboxylic acids is 1. The van der Waals surface area contributed by atoms with E-state index < -0.39 is 10.0 Å². The average Bonchev–Trinajstić information content (AvgIpc) is 3.17. The Balaban J connectivity index is 1.64. The predicted molar refractivity (Wildman–Crippen MR) is 99.1 cm³/mol. The molecule has 0 unspecified atom stereocenters. The van der Waals surface area contributed by atoms with Crippen LogP contribution in [0, 0.1) is 5.82 Å². The molecular formula is C18H15FN2O3S2. The molecule has 0 bridgehead atoms. The molecule has 2 N–H and O–H groups in total. The van der Waals surface area contributed by atoms with E-state index in [1.54, 1.807) is 29.6 Å². The maximum atomic E-state index is 13.6. The van der Waals surface area contributed by atoms with Crippen LogP contribution >= 0.6 is 11.3 Å². The van der Waals surface area contributed by atoms with E-state index in [-0.39, 0.29) is 22.5 Å². The zero-order chi connectivity index (χ0) is 18.6. The summed E-state index contributed by atoms with van der Waals surface area (Å²) >= 11 is 1.12. The van der Waals surface area contributed by atoms with Gasteiger partial charge in [0.15, 0.2) is 0 Å². The number of anilines is 1. The fourth-order valence-electron chi connectivity index (χ4n) is 2.23. The van der Waals surface area contributed by atoms with Crippen molar-refractivity contribution in [1.29, 1.82) is 0 Å². The Hall–Kier alpha value is -2.71. The second kappa shape index (κ2) is 7.67. The third-order valence-electron chi connectivity index (χ3n) is 3.56. The smallest absolute Gasteiger partial charge is 0.271 e. The normalized spacial score (nSPS) is 11.1. The van der Waals surface area contributed by atoms with E-state index in [0.29, 0.717) is 16.8 Å². The lowest BCUT2D eigenvalue weighted by Crippen LogP contribution is -2.23. The van der Waals surface area contributed by atoms with E-state index in [2.05, 4.69) is 10.0 Å². The van der Waals surface area contributed by atoms with Crippen molar-refractivity contribution in [3.63, 3.8) is 0 Å². The first-order chi connectivity index (χ1) is 12.5. The van der Waals surface area contributed by atoms with Crippen molar-refractivity contribution in [3.8, 4) is 0 Å². The number of carbonyl (C=O) groups is 1. The van der Waals surface area contributed by atoms with Crippen LogP contribution in [0.2, 0.25) is 0 Å². The Kier molecular flexibility index (Phi) is 5.34. The van der Waals surface area contributed by atoms with Crippen LogP contribution in [-0.4, -0.2) is 14.3 Å². The lowest BCUT2D eigenvalue weighted by molar-refractivity contribution is 0.0950. The van der Waals surface area contributed by atoms with E-state index in [4.69, 9.17) is 0 Å². The SMILES string of the molecule is O=C(NCc1ccccc1F)c1ccc(NS(=O)(=O)c2cccs2)cc1. The van der Waals surface area contributed by atoms with Crippen LogP contribution in [0.5, 0.6) is 0 Å². The van der Waals surface area contributed by atoms with Gasteiger partial charge in [0.25, 0.3) is 15.9 Å². The van der Waals surface area contributed by atoms with Crippen LogP contribution in [0.25, 0.3) is 0 Å². The van der Waals surface area contributed by atoms with E-state index in [0.717, 1.165) is 11.3 Å². The first-order valence-electron chi connectivity index (χ1n) is 7.64. The number of thiophene rings is 1. The Morgan fingerprint density at radius 2 is 1.73 bits per heavy atom. The fourth-order valence-corrected chi connectivity index (χ4v) is 4.28. The number of hydrogen-bond acceptors (Lipinski definition) is 4. The van der Waals surface area contributed by atoms with Crippen LogP contribution < -0.4 is 10.0 Å². The Labute approximate surface area is 154 Å². The van der Waals surface area contributed by atoms with E-state index in [1.165, 1.54) is 36.4 Å². The van der Waals surface area contributed by atoms with Gasteiger partial charge in [-0.1, -0.05) is 24.3 Å². The zero-order valence-electron chi connectivity index (χ0n) is 13.5. The van der Waals surface area contributed by atoms with Gasteiger partial charge in [0.2, 0.25) is 0 Å². The number of benzene rings is 2. The van der Waals surface area contributed by atoms with Crippen molar-refractivity contribution in [2.45, 2.75) is 10.8 Å². The fraction of sp³-hybridized carbons (Fsp3) is 0.0556. The summed E-state index contributed by atoms with van der Waals surface area (Å²) in [6, 6.07) is 15.4. The molecule has 2 aromatic carbocycles. The quantitative estimate of drug-likeness (QED) is 0.675. The summed E-state index contributed by atoms with van der Waals surface area (Å²) in [5.41, 5.74) is 1.09. The maximum absolute atomic E-state index is 13.6. The molecule has 0 aliphatic heterocycles. The number of hydrogen-bond donors (Lipinski definition) is 2. The van der Waals surface area contributed by atoms with Crippen LogP contribution in [-0.2, 0) is 16.6 Å². The molecule has 0 saturated heterocycles. The first kappa shape index (κ1) is 18.1. The van der Waals surface area contributed by atoms with E-state index in [1.807, 2.05) is 0 Å². The molecule has 1 amide bonds. The lowest BCUT2D eigenvalue weighted by atomic mass is 10.1. The highest BCUT2D eigenvalue weighted by Crippen LogP contribution is 2.20. The average molecular weight is 390 g/mol. The molecule has 0 atom stereocenters. The monoisotopic (exact) mass is 390 g/mol. The molecule has 3 rings (SSSR count). The Bertz CT molecular complexity index is 1000. The maximum Gasteiger partial charge on any atom is 0.271 e. The number of rotatable bonds is 6. The van der Waals surface area contributed by atoms with Crippen molar-refractivity contribution >= 4 is 33.0 Å². The van der Waals surface area contributed by atoms with E-state index >= 15 is 0 Å². The second-order valence-electron chi connectivity index (χ2n) is 5.39. The van der Waals surface area contributed by atoms with Crippen molar-refractivity contribution < 1.29 is 17.6 Å². The minimum atomic E-state index is -3.63. The molecule has 0 saturated carbocycles. The molecule has 3 aromatic rings. The summed E-state index contributed by atoms with van der Waals surface area (Å²) in [7, 11) is -3.63. The van der Waals surface area contributed by atoms with Crippen LogP contribution in [0.3, 0.4) is 0 Å². The Morgan fingerprint density at radius 3 is 2.38 bits per heavy atom. The van der Waals surface area contributed by atoms with Crippen molar-refractivity contribution in [3.05, 3.63) is 83.0 Å². The summed E-state index contributed by atoms with van der Waals surface area (Å²) < 4.78 is 40.5. The van der Waals surface area contributed by atoms with Gasteiger partial charge in [-0.05, 0) is 41.8 Å². The van der Waals surface area contributed by atoms with Crippen LogP contribution in [0.1, 0.15) is 15.9 Å². The van der Waals surface area contributed by atoms with Crippen molar-refractivity contribution in [2.24, 2.45) is 0 Å². The molecule has 1 heterocycles. The number of amides is 1. The largest absolute Gasteiger partial charge is 0.348 e. The van der Waals surface area contributed by atoms with Gasteiger partial charge < -0.3 is 5.32 Å². The molecule has 0 fully saturated rings. The topological polar surface area (TPSA) is 75.3 Å². The third kappa shape index (κ3) is 4.27. The van der Waals surface area contributed by atoms with Gasteiger partial charge in [0, 0.05) is 23.4 Å². The summed E-state index contributed by atoms with van der Waals surface area (Å²) in [5.74, 6) is -0.757. The molecule has 0 radical (unpaired) electrons. The molecule has 26 heavy (non-hydrogen) atoms. The molecular weight excluding hydrogens is 375 g/mol. The molecule has 1 aromatic heterocycles. The molecule has 8 heteroatoms. The van der Waals surface area contributed by atoms with Gasteiger partial charge in [-0.25, -0.2) is 12.8 Å². The lowest BCUT2D eigenvalue weighted by Gasteiger charge is -2.08. The van der Waals surface area contributed by atoms with Gasteiger partial charge in [0.05, 0.1) is 0 Å². The minimum absolute atomic E-state index is 0.0677. The number of halogens is 1. The minimum Gasteiger partial charge on any atom is -0.348 e. The molecule has 0 aliphatic rings. The number of nitrogens with one attached hydrogen (secondary N) is 2. The molecule has 5 nitrogen and oxygen atoms in total. The molecule has 0 spiro atoms. The zero-order valence-corrected chi connectivity index (χ0v) is 15.1. The van der Waals surface area contributed by atoms with Gasteiger partial charge in [-0.3, -0.25) is 9.52 Å². The van der Waals surface area contributed by atoms with Crippen molar-refractivity contribution in [1.82, 2.24) is 5.32 Å². The molecule has 0 aliphatic carbocycles. The number of sulfonamides is 1. The predicted octanol–water partition coefficient (Wildman–Crippen LogP) is 3.62. The molecule has 134 valence electrons. The Morgan fingerprint density at radius 1 is 1.00 bits per heavy atom. The highest BCUT2D eigenvalue weighted by molar-refractivity contribution is 7.94. The van der Waals surface area contributed by atoms with E-state index in [9.17, 15) is 17.6 Å². The summed E-state index contributed by atoms with van der Waals surface area (Å²) in [6.07, 6.45) is 0.